The first-order chi connectivity index (χ1) is 12.6. The van der Waals surface area contributed by atoms with Crippen LogP contribution in [0.25, 0.3) is 16.8 Å². The average molecular weight is 424 g/mol. The second-order valence-electron chi connectivity index (χ2n) is 5.93. The Bertz CT molecular complexity index is 1060. The van der Waals surface area contributed by atoms with Crippen LogP contribution in [0, 0.1) is 0 Å². The molecule has 2 amide bonds. The maximum absolute atomic E-state index is 12.8. The molecule has 0 bridgehead atoms. The molecule has 0 atom stereocenters. The zero-order valence-electron chi connectivity index (χ0n) is 13.7. The van der Waals surface area contributed by atoms with Crippen LogP contribution in [-0.4, -0.2) is 16.0 Å². The second kappa shape index (κ2) is 7.09. The van der Waals surface area contributed by atoms with Gasteiger partial charge >= 0.3 is 0 Å². The number of halogens is 1. The number of nitrogens with zero attached hydrogens (tertiary/aromatic N) is 1. The number of hydrogen-bond donors (Lipinski definition) is 0. The van der Waals surface area contributed by atoms with Gasteiger partial charge in [0.15, 0.2) is 0 Å². The molecule has 3 aromatic rings. The van der Waals surface area contributed by atoms with Crippen molar-refractivity contribution in [2.45, 2.75) is 6.54 Å². The highest BCUT2D eigenvalue weighted by molar-refractivity contribution is 9.10. The van der Waals surface area contributed by atoms with E-state index in [0.29, 0.717) is 4.91 Å². The van der Waals surface area contributed by atoms with E-state index in [1.807, 2.05) is 72.8 Å². The third kappa shape index (κ3) is 3.20. The number of hydrogen-bond acceptors (Lipinski definition) is 3. The molecule has 0 N–H and O–H groups in total. The van der Waals surface area contributed by atoms with Crippen LogP contribution in [0.3, 0.4) is 0 Å². The fourth-order valence-electron chi connectivity index (χ4n) is 2.95. The van der Waals surface area contributed by atoms with Crippen LogP contribution >= 0.6 is 27.7 Å². The van der Waals surface area contributed by atoms with Crippen molar-refractivity contribution in [1.82, 2.24) is 4.90 Å². The van der Waals surface area contributed by atoms with E-state index >= 15 is 0 Å². The van der Waals surface area contributed by atoms with Gasteiger partial charge in [-0.15, -0.1) is 0 Å². The first kappa shape index (κ1) is 17.1. The van der Waals surface area contributed by atoms with Crippen LogP contribution in [0.2, 0.25) is 0 Å². The van der Waals surface area contributed by atoms with Gasteiger partial charge in [-0.05, 0) is 45.8 Å². The summed E-state index contributed by atoms with van der Waals surface area (Å²) in [4.78, 5) is 26.9. The number of thioether (sulfide) groups is 1. The monoisotopic (exact) mass is 423 g/mol. The molecule has 1 fully saturated rings. The van der Waals surface area contributed by atoms with Crippen molar-refractivity contribution < 1.29 is 9.59 Å². The Hall–Kier alpha value is -2.37. The summed E-state index contributed by atoms with van der Waals surface area (Å²) in [7, 11) is 0. The first-order valence-electron chi connectivity index (χ1n) is 8.10. The maximum Gasteiger partial charge on any atom is 0.293 e. The number of carbonyl (C=O) groups is 2. The number of rotatable bonds is 3. The topological polar surface area (TPSA) is 37.4 Å². The molecule has 1 heterocycles. The molecule has 26 heavy (non-hydrogen) atoms. The molecule has 128 valence electrons. The molecule has 0 aliphatic carbocycles. The minimum Gasteiger partial charge on any atom is -0.268 e. The van der Waals surface area contributed by atoms with E-state index in [-0.39, 0.29) is 17.7 Å². The van der Waals surface area contributed by atoms with Crippen molar-refractivity contribution >= 4 is 55.7 Å². The van der Waals surface area contributed by atoms with Crippen LogP contribution in [0.1, 0.15) is 11.1 Å². The SMILES string of the molecule is O=C1S/C(=C\c2cccc3ccccc23)C(=O)N1Cc1ccccc1Br. The fraction of sp³-hybridized carbons (Fsp3) is 0.0476. The van der Waals surface area contributed by atoms with Gasteiger partial charge in [0, 0.05) is 4.47 Å². The predicted octanol–water partition coefficient (Wildman–Crippen LogP) is 5.84. The van der Waals surface area contributed by atoms with Crippen LogP contribution in [0.4, 0.5) is 4.79 Å². The van der Waals surface area contributed by atoms with E-state index in [1.54, 1.807) is 0 Å². The second-order valence-corrected chi connectivity index (χ2v) is 7.78. The Morgan fingerprint density at radius 1 is 0.923 bits per heavy atom. The molecule has 0 radical (unpaired) electrons. The lowest BCUT2D eigenvalue weighted by Gasteiger charge is -2.13. The lowest BCUT2D eigenvalue weighted by atomic mass is 10.0. The highest BCUT2D eigenvalue weighted by Gasteiger charge is 2.35. The highest BCUT2D eigenvalue weighted by atomic mass is 79.9. The molecule has 1 aliphatic heterocycles. The summed E-state index contributed by atoms with van der Waals surface area (Å²) in [5, 5.41) is 1.93. The first-order valence-corrected chi connectivity index (χ1v) is 9.71. The van der Waals surface area contributed by atoms with Gasteiger partial charge in [-0.25, -0.2) is 0 Å². The van der Waals surface area contributed by atoms with Gasteiger partial charge in [0.25, 0.3) is 11.1 Å². The summed E-state index contributed by atoms with van der Waals surface area (Å²) in [6, 6.07) is 21.6. The standard InChI is InChI=1S/C21H14BrNO2S/c22-18-11-4-2-7-16(18)13-23-20(24)19(26-21(23)25)12-15-9-5-8-14-6-1-3-10-17(14)15/h1-12H,13H2/b19-12-. The quantitative estimate of drug-likeness (QED) is 0.496. The molecular formula is C21H14BrNO2S. The zero-order valence-corrected chi connectivity index (χ0v) is 16.1. The van der Waals surface area contributed by atoms with Crippen LogP contribution in [0.5, 0.6) is 0 Å². The Kier molecular flexibility index (Phi) is 4.66. The Morgan fingerprint density at radius 3 is 2.50 bits per heavy atom. The number of fused-ring (bicyclic) bond motifs is 1. The summed E-state index contributed by atoms with van der Waals surface area (Å²) in [5.74, 6) is -0.247. The van der Waals surface area contributed by atoms with Gasteiger partial charge in [-0.2, -0.15) is 0 Å². The van der Waals surface area contributed by atoms with E-state index in [4.69, 9.17) is 0 Å². The Labute approximate surface area is 163 Å². The van der Waals surface area contributed by atoms with E-state index < -0.39 is 0 Å². The van der Waals surface area contributed by atoms with Crippen molar-refractivity contribution in [1.29, 1.82) is 0 Å². The van der Waals surface area contributed by atoms with Crippen LogP contribution in [0.15, 0.2) is 76.1 Å². The normalized spacial score (nSPS) is 16.0. The largest absolute Gasteiger partial charge is 0.293 e. The number of carbonyl (C=O) groups excluding carboxylic acids is 2. The maximum atomic E-state index is 12.8. The summed E-state index contributed by atoms with van der Waals surface area (Å²) in [6.45, 7) is 0.263. The molecular weight excluding hydrogens is 410 g/mol. The third-order valence-corrected chi connectivity index (χ3v) is 5.95. The van der Waals surface area contributed by atoms with Crippen molar-refractivity contribution in [2.24, 2.45) is 0 Å². The van der Waals surface area contributed by atoms with Gasteiger partial charge in [0.1, 0.15) is 0 Å². The molecule has 1 saturated heterocycles. The van der Waals surface area contributed by atoms with Crippen molar-refractivity contribution in [3.63, 3.8) is 0 Å². The summed E-state index contributed by atoms with van der Waals surface area (Å²) in [6.07, 6.45) is 1.81. The number of amides is 2. The van der Waals surface area contributed by atoms with Gasteiger partial charge in [-0.3, -0.25) is 14.5 Å². The summed E-state index contributed by atoms with van der Waals surface area (Å²) in [5.41, 5.74) is 1.84. The molecule has 0 unspecified atom stereocenters. The lowest BCUT2D eigenvalue weighted by Crippen LogP contribution is -2.27. The van der Waals surface area contributed by atoms with E-state index in [0.717, 1.165) is 38.1 Å². The molecule has 0 saturated carbocycles. The summed E-state index contributed by atoms with van der Waals surface area (Å²) < 4.78 is 0.886. The van der Waals surface area contributed by atoms with Crippen LogP contribution < -0.4 is 0 Å². The van der Waals surface area contributed by atoms with E-state index in [9.17, 15) is 9.59 Å². The van der Waals surface area contributed by atoms with E-state index in [1.165, 1.54) is 4.90 Å². The minimum absolute atomic E-state index is 0.239. The number of benzene rings is 3. The molecule has 3 nitrogen and oxygen atoms in total. The van der Waals surface area contributed by atoms with Gasteiger partial charge < -0.3 is 0 Å². The third-order valence-electron chi connectivity index (χ3n) is 4.27. The lowest BCUT2D eigenvalue weighted by molar-refractivity contribution is -0.123. The Morgan fingerprint density at radius 2 is 1.65 bits per heavy atom. The van der Waals surface area contributed by atoms with Crippen LogP contribution in [-0.2, 0) is 11.3 Å². The Balaban J connectivity index is 1.66. The van der Waals surface area contributed by atoms with Crippen molar-refractivity contribution in [3.05, 3.63) is 87.2 Å². The molecule has 5 heteroatoms. The average Bonchev–Trinajstić information content (AvgIpc) is 2.91. The van der Waals surface area contributed by atoms with E-state index in [2.05, 4.69) is 15.9 Å². The highest BCUT2D eigenvalue weighted by Crippen LogP contribution is 2.35. The summed E-state index contributed by atoms with van der Waals surface area (Å²) >= 11 is 4.46. The van der Waals surface area contributed by atoms with Gasteiger partial charge in [0.05, 0.1) is 11.4 Å². The molecule has 0 spiro atoms. The molecule has 4 rings (SSSR count). The minimum atomic E-state index is -0.247. The van der Waals surface area contributed by atoms with Gasteiger partial charge in [0.2, 0.25) is 0 Å². The van der Waals surface area contributed by atoms with Crippen molar-refractivity contribution in [2.75, 3.05) is 0 Å². The molecule has 0 aromatic heterocycles. The van der Waals surface area contributed by atoms with Gasteiger partial charge in [-0.1, -0.05) is 76.6 Å². The molecule has 3 aromatic carbocycles. The zero-order chi connectivity index (χ0) is 18.1. The van der Waals surface area contributed by atoms with Crippen molar-refractivity contribution in [3.8, 4) is 0 Å². The number of imide groups is 1. The fourth-order valence-corrected chi connectivity index (χ4v) is 4.19. The smallest absolute Gasteiger partial charge is 0.268 e. The molecule has 1 aliphatic rings. The predicted molar refractivity (Wildman–Crippen MR) is 110 cm³/mol.